The number of guanidine groups is 1. The van der Waals surface area contributed by atoms with E-state index in [2.05, 4.69) is 39.9 Å². The number of carbonyl (C=O) groups is 1. The maximum absolute atomic E-state index is 11.7. The van der Waals surface area contributed by atoms with Gasteiger partial charge in [0.05, 0.1) is 7.11 Å². The number of rotatable bonds is 7. The van der Waals surface area contributed by atoms with Crippen molar-refractivity contribution in [2.24, 2.45) is 4.99 Å². The van der Waals surface area contributed by atoms with E-state index in [0.29, 0.717) is 23.6 Å². The maximum Gasteiger partial charge on any atom is 0.341 e. The van der Waals surface area contributed by atoms with Crippen LogP contribution in [0.25, 0.3) is 0 Å². The Labute approximate surface area is 160 Å². The molecule has 1 aromatic carbocycles. The van der Waals surface area contributed by atoms with Crippen LogP contribution in [0.1, 0.15) is 47.2 Å². The molecule has 1 aromatic heterocycles. The summed E-state index contributed by atoms with van der Waals surface area (Å²) in [5.74, 6) is 1.53. The Hall–Kier alpha value is -2.76. The third-order valence-electron chi connectivity index (χ3n) is 4.95. The highest BCUT2D eigenvalue weighted by atomic mass is 16.5. The molecule has 6 heteroatoms. The van der Waals surface area contributed by atoms with Crippen molar-refractivity contribution in [1.82, 2.24) is 10.6 Å². The lowest BCUT2D eigenvalue weighted by Crippen LogP contribution is -2.41. The normalized spacial score (nSPS) is 15.3. The summed E-state index contributed by atoms with van der Waals surface area (Å²) in [6, 6.07) is 12.3. The standard InChI is InChI=1S/C21H27N3O3/c1-4-22-20(23-13-17-12-18(15(2)27-17)19(25)26-3)24-14-21(10-11-21)16-8-6-5-7-9-16/h5-9,12H,4,10-11,13-14H2,1-3H3,(H2,22,23,24). The molecule has 27 heavy (non-hydrogen) atoms. The van der Waals surface area contributed by atoms with E-state index in [1.165, 1.54) is 25.5 Å². The van der Waals surface area contributed by atoms with Gasteiger partial charge in [-0.05, 0) is 38.3 Å². The van der Waals surface area contributed by atoms with Crippen LogP contribution in [-0.4, -0.2) is 32.1 Å². The molecule has 1 heterocycles. The number of hydrogen-bond acceptors (Lipinski definition) is 4. The molecule has 2 aromatic rings. The second-order valence-corrected chi connectivity index (χ2v) is 6.87. The predicted octanol–water partition coefficient (Wildman–Crippen LogP) is 3.16. The van der Waals surface area contributed by atoms with E-state index in [1.807, 2.05) is 13.0 Å². The zero-order valence-electron chi connectivity index (χ0n) is 16.2. The number of hydrogen-bond donors (Lipinski definition) is 2. The van der Waals surface area contributed by atoms with Crippen LogP contribution in [0, 0.1) is 6.92 Å². The number of methoxy groups -OCH3 is 1. The average Bonchev–Trinajstić information content (AvgIpc) is 3.40. The minimum atomic E-state index is -0.393. The number of nitrogens with zero attached hydrogens (tertiary/aromatic N) is 1. The number of aliphatic imine (C=N–C) groups is 1. The first-order chi connectivity index (χ1) is 13.1. The van der Waals surface area contributed by atoms with Gasteiger partial charge in [0.25, 0.3) is 0 Å². The number of furan rings is 1. The largest absolute Gasteiger partial charge is 0.465 e. The fraction of sp³-hybridized carbons (Fsp3) is 0.429. The van der Waals surface area contributed by atoms with Gasteiger partial charge >= 0.3 is 5.97 Å². The Balaban J connectivity index is 1.64. The number of aryl methyl sites for hydroxylation is 1. The minimum absolute atomic E-state index is 0.205. The van der Waals surface area contributed by atoms with Gasteiger partial charge in [-0.3, -0.25) is 0 Å². The van der Waals surface area contributed by atoms with E-state index < -0.39 is 5.97 Å². The molecule has 0 amide bonds. The monoisotopic (exact) mass is 369 g/mol. The first kappa shape index (κ1) is 19.0. The molecular weight excluding hydrogens is 342 g/mol. The SMILES string of the molecule is CCNC(=NCc1cc(C(=O)OC)c(C)o1)NCC1(c2ccccc2)CC1. The van der Waals surface area contributed by atoms with Crippen molar-refractivity contribution >= 4 is 11.9 Å². The molecule has 1 aliphatic rings. The van der Waals surface area contributed by atoms with Gasteiger partial charge in [0.1, 0.15) is 23.6 Å². The van der Waals surface area contributed by atoms with Crippen molar-refractivity contribution in [3.8, 4) is 0 Å². The van der Waals surface area contributed by atoms with Crippen molar-refractivity contribution in [3.63, 3.8) is 0 Å². The quantitative estimate of drug-likeness (QED) is 0.445. The highest BCUT2D eigenvalue weighted by Crippen LogP contribution is 2.47. The summed E-state index contributed by atoms with van der Waals surface area (Å²) < 4.78 is 10.4. The summed E-state index contributed by atoms with van der Waals surface area (Å²) in [6.07, 6.45) is 2.37. The summed E-state index contributed by atoms with van der Waals surface area (Å²) in [7, 11) is 1.36. The van der Waals surface area contributed by atoms with Gasteiger partial charge in [-0.15, -0.1) is 0 Å². The molecule has 1 aliphatic carbocycles. The Morgan fingerprint density at radius 3 is 2.63 bits per heavy atom. The van der Waals surface area contributed by atoms with Gasteiger partial charge in [-0.2, -0.15) is 0 Å². The third kappa shape index (κ3) is 4.51. The number of nitrogens with one attached hydrogen (secondary N) is 2. The van der Waals surface area contributed by atoms with Crippen LogP contribution in [0.15, 0.2) is 45.8 Å². The summed E-state index contributed by atoms with van der Waals surface area (Å²) in [6.45, 7) is 5.75. The van der Waals surface area contributed by atoms with Crippen molar-refractivity contribution in [1.29, 1.82) is 0 Å². The highest BCUT2D eigenvalue weighted by molar-refractivity contribution is 5.90. The van der Waals surface area contributed by atoms with E-state index in [-0.39, 0.29) is 5.41 Å². The smallest absolute Gasteiger partial charge is 0.341 e. The number of benzene rings is 1. The molecule has 0 saturated heterocycles. The minimum Gasteiger partial charge on any atom is -0.465 e. The number of esters is 1. The van der Waals surface area contributed by atoms with Crippen LogP contribution in [-0.2, 0) is 16.7 Å². The Morgan fingerprint density at radius 1 is 1.26 bits per heavy atom. The Bertz CT molecular complexity index is 807. The summed E-state index contributed by atoms with van der Waals surface area (Å²) in [4.78, 5) is 16.3. The summed E-state index contributed by atoms with van der Waals surface area (Å²) in [5, 5.41) is 6.72. The lowest BCUT2D eigenvalue weighted by molar-refractivity contribution is 0.0599. The van der Waals surface area contributed by atoms with Gasteiger partial charge < -0.3 is 19.8 Å². The van der Waals surface area contributed by atoms with Crippen LogP contribution in [0.3, 0.4) is 0 Å². The van der Waals surface area contributed by atoms with Crippen molar-refractivity contribution in [3.05, 3.63) is 59.0 Å². The molecule has 2 N–H and O–H groups in total. The molecule has 1 fully saturated rings. The van der Waals surface area contributed by atoms with Gasteiger partial charge in [-0.25, -0.2) is 9.79 Å². The van der Waals surface area contributed by atoms with Gasteiger partial charge in [0.15, 0.2) is 5.96 Å². The van der Waals surface area contributed by atoms with Gasteiger partial charge in [-0.1, -0.05) is 30.3 Å². The zero-order chi connectivity index (χ0) is 19.3. The average molecular weight is 369 g/mol. The summed E-state index contributed by atoms with van der Waals surface area (Å²) >= 11 is 0. The molecule has 144 valence electrons. The second-order valence-electron chi connectivity index (χ2n) is 6.87. The molecular formula is C21H27N3O3. The first-order valence-corrected chi connectivity index (χ1v) is 9.33. The van der Waals surface area contributed by atoms with Crippen LogP contribution in [0.2, 0.25) is 0 Å². The van der Waals surface area contributed by atoms with Gasteiger partial charge in [0, 0.05) is 18.5 Å². The van der Waals surface area contributed by atoms with Gasteiger partial charge in [0.2, 0.25) is 0 Å². The molecule has 3 rings (SSSR count). The third-order valence-corrected chi connectivity index (χ3v) is 4.95. The highest BCUT2D eigenvalue weighted by Gasteiger charge is 2.43. The van der Waals surface area contributed by atoms with Crippen LogP contribution >= 0.6 is 0 Å². The molecule has 0 spiro atoms. The van der Waals surface area contributed by atoms with E-state index >= 15 is 0 Å². The molecule has 0 bridgehead atoms. The zero-order valence-corrected chi connectivity index (χ0v) is 16.2. The second kappa shape index (κ2) is 8.29. The number of ether oxygens (including phenoxy) is 1. The van der Waals surface area contributed by atoms with Crippen LogP contribution in [0.5, 0.6) is 0 Å². The molecule has 1 saturated carbocycles. The molecule has 0 atom stereocenters. The Kier molecular flexibility index (Phi) is 5.84. The Morgan fingerprint density at radius 2 is 2.00 bits per heavy atom. The number of carbonyl (C=O) groups excluding carboxylic acids is 1. The van der Waals surface area contributed by atoms with E-state index in [9.17, 15) is 4.79 Å². The topological polar surface area (TPSA) is 75.9 Å². The summed E-state index contributed by atoms with van der Waals surface area (Å²) in [5.41, 5.74) is 2.02. The molecule has 0 radical (unpaired) electrons. The molecule has 0 unspecified atom stereocenters. The van der Waals surface area contributed by atoms with Crippen molar-refractivity contribution in [2.45, 2.75) is 38.6 Å². The van der Waals surface area contributed by atoms with Crippen molar-refractivity contribution < 1.29 is 13.9 Å². The van der Waals surface area contributed by atoms with E-state index in [1.54, 1.807) is 13.0 Å². The predicted molar refractivity (Wildman–Crippen MR) is 105 cm³/mol. The van der Waals surface area contributed by atoms with Crippen molar-refractivity contribution in [2.75, 3.05) is 20.2 Å². The fourth-order valence-corrected chi connectivity index (χ4v) is 3.20. The first-order valence-electron chi connectivity index (χ1n) is 9.33. The molecule has 6 nitrogen and oxygen atoms in total. The van der Waals surface area contributed by atoms with Crippen LogP contribution < -0.4 is 10.6 Å². The van der Waals surface area contributed by atoms with Crippen LogP contribution in [0.4, 0.5) is 0 Å². The lowest BCUT2D eigenvalue weighted by Gasteiger charge is -2.19. The molecule has 0 aliphatic heterocycles. The van der Waals surface area contributed by atoms with E-state index in [0.717, 1.165) is 19.0 Å². The van der Waals surface area contributed by atoms with E-state index in [4.69, 9.17) is 9.15 Å². The maximum atomic E-state index is 11.7. The lowest BCUT2D eigenvalue weighted by atomic mass is 9.96. The fourth-order valence-electron chi connectivity index (χ4n) is 3.20.